The fourth-order valence-electron chi connectivity index (χ4n) is 4.84. The van der Waals surface area contributed by atoms with Gasteiger partial charge in [0.15, 0.2) is 0 Å². The first-order chi connectivity index (χ1) is 16.8. The monoisotopic (exact) mass is 481 g/mol. The zero-order valence-corrected chi connectivity index (χ0v) is 19.9. The first kappa shape index (κ1) is 23.6. The molecule has 8 heteroatoms. The van der Waals surface area contributed by atoms with Crippen LogP contribution in [0.4, 0.5) is 8.78 Å². The molecular weight excluding hydrogens is 452 g/mol. The van der Waals surface area contributed by atoms with Gasteiger partial charge in [0, 0.05) is 24.8 Å². The summed E-state index contributed by atoms with van der Waals surface area (Å²) >= 11 is 0. The number of carbonyl (C=O) groups excluding carboxylic acids is 1. The van der Waals surface area contributed by atoms with Crippen molar-refractivity contribution in [2.45, 2.75) is 64.0 Å². The van der Waals surface area contributed by atoms with Crippen molar-refractivity contribution in [3.05, 3.63) is 74.8 Å². The number of halogens is 2. The van der Waals surface area contributed by atoms with Crippen molar-refractivity contribution in [2.24, 2.45) is 0 Å². The molecule has 3 aromatic rings. The summed E-state index contributed by atoms with van der Waals surface area (Å²) in [6, 6.07) is 9.02. The molecule has 5 rings (SSSR count). The highest BCUT2D eigenvalue weighted by molar-refractivity contribution is 5.95. The number of aryl methyl sites for hydroxylation is 1. The average molecular weight is 482 g/mol. The highest BCUT2D eigenvalue weighted by Gasteiger charge is 2.52. The molecule has 6 nitrogen and oxygen atoms in total. The molecule has 2 aromatic carbocycles. The number of hydrogen-bond acceptors (Lipinski definition) is 4. The molecule has 0 atom stereocenters. The largest absolute Gasteiger partial charge is 0.381 e. The van der Waals surface area contributed by atoms with E-state index in [1.165, 1.54) is 0 Å². The lowest BCUT2D eigenvalue weighted by atomic mass is 9.94. The van der Waals surface area contributed by atoms with Crippen LogP contribution in [0.1, 0.15) is 64.3 Å². The minimum absolute atomic E-state index is 0.0358. The van der Waals surface area contributed by atoms with Crippen molar-refractivity contribution in [3.63, 3.8) is 0 Å². The maximum Gasteiger partial charge on any atom is 0.261 e. The molecule has 1 saturated carbocycles. The first-order valence-electron chi connectivity index (χ1n) is 12.1. The van der Waals surface area contributed by atoms with Gasteiger partial charge in [0.05, 0.1) is 17.2 Å². The van der Waals surface area contributed by atoms with Gasteiger partial charge < -0.3 is 10.1 Å². The van der Waals surface area contributed by atoms with Gasteiger partial charge in [0.2, 0.25) is 0 Å². The molecular formula is C27H29F2N3O3. The molecule has 1 aromatic heterocycles. The first-order valence-corrected chi connectivity index (χ1v) is 12.1. The molecule has 35 heavy (non-hydrogen) atoms. The molecule has 2 fully saturated rings. The van der Waals surface area contributed by atoms with Gasteiger partial charge in [-0.2, -0.15) is 0 Å². The number of fused-ring (bicyclic) bond motifs is 1. The second kappa shape index (κ2) is 9.15. The molecule has 1 aliphatic heterocycles. The van der Waals surface area contributed by atoms with Gasteiger partial charge in [-0.05, 0) is 86.4 Å². The van der Waals surface area contributed by atoms with Crippen molar-refractivity contribution < 1.29 is 18.3 Å². The van der Waals surface area contributed by atoms with E-state index < -0.39 is 17.9 Å². The van der Waals surface area contributed by atoms with E-state index in [-0.39, 0.29) is 11.6 Å². The Morgan fingerprint density at radius 1 is 1.17 bits per heavy atom. The molecule has 2 heterocycles. The van der Waals surface area contributed by atoms with Crippen molar-refractivity contribution in [2.75, 3.05) is 13.2 Å². The van der Waals surface area contributed by atoms with E-state index in [1.807, 2.05) is 32.0 Å². The highest BCUT2D eigenvalue weighted by atomic mass is 19.3. The Labute approximate surface area is 202 Å². The van der Waals surface area contributed by atoms with E-state index in [1.54, 1.807) is 23.0 Å². The average Bonchev–Trinajstić information content (AvgIpc) is 3.65. The van der Waals surface area contributed by atoms with Gasteiger partial charge in [0.1, 0.15) is 5.54 Å². The molecule has 0 radical (unpaired) electrons. The lowest BCUT2D eigenvalue weighted by Gasteiger charge is -2.24. The van der Waals surface area contributed by atoms with E-state index in [2.05, 4.69) is 10.3 Å². The summed E-state index contributed by atoms with van der Waals surface area (Å²) < 4.78 is 33.5. The number of carbonyl (C=O) groups is 1. The van der Waals surface area contributed by atoms with Crippen LogP contribution in [0.25, 0.3) is 10.9 Å². The Balaban J connectivity index is 1.40. The highest BCUT2D eigenvalue weighted by Crippen LogP contribution is 2.41. The number of rotatable bonds is 6. The van der Waals surface area contributed by atoms with Crippen LogP contribution in [0.5, 0.6) is 0 Å². The second-order valence-corrected chi connectivity index (χ2v) is 9.77. The Kier molecular flexibility index (Phi) is 6.17. The molecule has 1 aliphatic carbocycles. The van der Waals surface area contributed by atoms with Gasteiger partial charge in [-0.15, -0.1) is 0 Å². The van der Waals surface area contributed by atoms with Crippen LogP contribution in [-0.2, 0) is 11.2 Å². The van der Waals surface area contributed by atoms with E-state index in [4.69, 9.17) is 4.74 Å². The Hall–Kier alpha value is -3.13. The third-order valence-electron chi connectivity index (χ3n) is 7.51. The maximum absolute atomic E-state index is 13.4. The summed E-state index contributed by atoms with van der Waals surface area (Å²) in [5.41, 5.74) is 3.72. The molecule has 0 spiro atoms. The quantitative estimate of drug-likeness (QED) is 0.563. The van der Waals surface area contributed by atoms with Gasteiger partial charge >= 0.3 is 0 Å². The lowest BCUT2D eigenvalue weighted by molar-refractivity contribution is 0.0679. The van der Waals surface area contributed by atoms with Gasteiger partial charge in [-0.25, -0.2) is 13.8 Å². The molecule has 0 bridgehead atoms. The third kappa shape index (κ3) is 4.47. The number of benzene rings is 2. The van der Waals surface area contributed by atoms with Gasteiger partial charge in [0.25, 0.3) is 17.9 Å². The van der Waals surface area contributed by atoms with Crippen LogP contribution in [0.15, 0.2) is 41.5 Å². The smallest absolute Gasteiger partial charge is 0.261 e. The number of ether oxygens (including phenoxy) is 1. The molecule has 1 amide bonds. The van der Waals surface area contributed by atoms with Crippen molar-refractivity contribution >= 4 is 16.8 Å². The van der Waals surface area contributed by atoms with E-state index in [9.17, 15) is 18.4 Å². The SMILES string of the molecule is Cc1c(Cc2ccc(C(=O)NC3(C(F)F)CC3)cc2)cc2c(=O)n(C3CCOCC3)cnc2c1C. The number of amides is 1. The molecule has 1 N–H and O–H groups in total. The minimum Gasteiger partial charge on any atom is -0.381 e. The second-order valence-electron chi connectivity index (χ2n) is 9.77. The van der Waals surface area contributed by atoms with Gasteiger partial charge in [-0.1, -0.05) is 12.1 Å². The Morgan fingerprint density at radius 3 is 2.49 bits per heavy atom. The van der Waals surface area contributed by atoms with Crippen LogP contribution in [0, 0.1) is 13.8 Å². The summed E-state index contributed by atoms with van der Waals surface area (Å²) in [7, 11) is 0. The number of nitrogens with zero attached hydrogens (tertiary/aromatic N) is 2. The van der Waals surface area contributed by atoms with Crippen LogP contribution in [0.2, 0.25) is 0 Å². The Bertz CT molecular complexity index is 1320. The topological polar surface area (TPSA) is 73.2 Å². The van der Waals surface area contributed by atoms with Crippen molar-refractivity contribution in [3.8, 4) is 0 Å². The summed E-state index contributed by atoms with van der Waals surface area (Å²) in [4.78, 5) is 30.4. The third-order valence-corrected chi connectivity index (χ3v) is 7.51. The molecule has 184 valence electrons. The predicted molar refractivity (Wildman–Crippen MR) is 129 cm³/mol. The molecule has 2 aliphatic rings. The van der Waals surface area contributed by atoms with Gasteiger partial charge in [-0.3, -0.25) is 14.2 Å². The van der Waals surface area contributed by atoms with E-state index >= 15 is 0 Å². The fraction of sp³-hybridized carbons (Fsp3) is 0.444. The van der Waals surface area contributed by atoms with Crippen molar-refractivity contribution in [1.29, 1.82) is 0 Å². The normalized spacial score (nSPS) is 17.6. The number of nitrogens with one attached hydrogen (secondary N) is 1. The number of hydrogen-bond donors (Lipinski definition) is 1. The summed E-state index contributed by atoms with van der Waals surface area (Å²) in [6.07, 6.45) is 1.88. The Morgan fingerprint density at radius 2 is 1.86 bits per heavy atom. The summed E-state index contributed by atoms with van der Waals surface area (Å²) in [5.74, 6) is -0.480. The number of aromatic nitrogens is 2. The summed E-state index contributed by atoms with van der Waals surface area (Å²) in [6.45, 7) is 5.29. The fourth-order valence-corrected chi connectivity index (χ4v) is 4.84. The lowest BCUT2D eigenvalue weighted by Crippen LogP contribution is -2.42. The molecule has 0 unspecified atom stereocenters. The molecule has 1 saturated heterocycles. The maximum atomic E-state index is 13.4. The predicted octanol–water partition coefficient (Wildman–Crippen LogP) is 4.48. The van der Waals surface area contributed by atoms with Crippen LogP contribution in [-0.4, -0.2) is 40.6 Å². The van der Waals surface area contributed by atoms with Crippen LogP contribution < -0.4 is 10.9 Å². The standard InChI is InChI=1S/C27H29F2N3O3/c1-16-17(2)23-22(25(34)32(15-30-23)21-7-11-35-12-8-21)14-20(16)13-18-3-5-19(6-4-18)24(33)31-27(9-10-27)26(28)29/h3-6,14-15,21,26H,7-13H2,1-2H3,(H,31,33). The van der Waals surface area contributed by atoms with E-state index in [0.717, 1.165) is 40.6 Å². The van der Waals surface area contributed by atoms with Crippen LogP contribution >= 0.6 is 0 Å². The van der Waals surface area contributed by atoms with Crippen molar-refractivity contribution in [1.82, 2.24) is 14.9 Å². The van der Waals surface area contributed by atoms with E-state index in [0.29, 0.717) is 43.4 Å². The minimum atomic E-state index is -2.56. The number of alkyl halides is 2. The zero-order chi connectivity index (χ0) is 24.7. The van der Waals surface area contributed by atoms with Crippen LogP contribution in [0.3, 0.4) is 0 Å². The summed E-state index contributed by atoms with van der Waals surface area (Å²) in [5, 5.41) is 3.09. The zero-order valence-electron chi connectivity index (χ0n) is 19.9.